The Morgan fingerprint density at radius 1 is 1.26 bits per heavy atom. The van der Waals surface area contributed by atoms with Crippen LogP contribution in [-0.4, -0.2) is 35.6 Å². The third-order valence-corrected chi connectivity index (χ3v) is 3.22. The molecule has 6 nitrogen and oxygen atoms in total. The molecule has 0 fully saturated rings. The highest BCUT2D eigenvalue weighted by Gasteiger charge is 2.12. The van der Waals surface area contributed by atoms with Crippen LogP contribution in [0.3, 0.4) is 0 Å². The zero-order chi connectivity index (χ0) is 16.7. The molecule has 6 heteroatoms. The number of carbonyl (C=O) groups excluding carboxylic acids is 1. The maximum Gasteiger partial charge on any atom is 0.338 e. The Morgan fingerprint density at radius 3 is 2.61 bits per heavy atom. The van der Waals surface area contributed by atoms with Crippen molar-refractivity contribution in [1.82, 2.24) is 4.98 Å². The van der Waals surface area contributed by atoms with Crippen LogP contribution >= 0.6 is 0 Å². The molecule has 0 spiro atoms. The largest absolute Gasteiger partial charge is 0.497 e. The number of hydrogen-bond acceptors (Lipinski definition) is 6. The van der Waals surface area contributed by atoms with Crippen LogP contribution in [0.4, 0.5) is 0 Å². The Morgan fingerprint density at radius 2 is 2.00 bits per heavy atom. The fourth-order valence-corrected chi connectivity index (χ4v) is 2.04. The first-order chi connectivity index (χ1) is 11.2. The summed E-state index contributed by atoms with van der Waals surface area (Å²) in [6.45, 7) is 2.04. The van der Waals surface area contributed by atoms with E-state index in [1.807, 2.05) is 24.3 Å². The molecule has 120 valence electrons. The molecule has 0 bridgehead atoms. The van der Waals surface area contributed by atoms with Gasteiger partial charge in [-0.05, 0) is 36.8 Å². The first kappa shape index (κ1) is 16.5. The molecule has 0 atom stereocenters. The van der Waals surface area contributed by atoms with Gasteiger partial charge in [-0.15, -0.1) is 0 Å². The van der Waals surface area contributed by atoms with Crippen LogP contribution in [0.15, 0.2) is 47.8 Å². The molecule has 0 amide bonds. The molecule has 0 unspecified atom stereocenters. The topological polar surface area (TPSA) is 81.0 Å². The van der Waals surface area contributed by atoms with Crippen molar-refractivity contribution in [1.29, 1.82) is 0 Å². The van der Waals surface area contributed by atoms with E-state index in [1.165, 1.54) is 6.20 Å². The normalized spacial score (nSPS) is 11.1. The van der Waals surface area contributed by atoms with E-state index < -0.39 is 5.97 Å². The van der Waals surface area contributed by atoms with Gasteiger partial charge >= 0.3 is 5.97 Å². The summed E-state index contributed by atoms with van der Waals surface area (Å²) in [6.07, 6.45) is 1.86. The summed E-state index contributed by atoms with van der Waals surface area (Å²) in [7, 11) is 1.60. The number of oxime groups is 1. The number of carbonyl (C=O) groups is 1. The maximum atomic E-state index is 11.8. The average molecular weight is 314 g/mol. The van der Waals surface area contributed by atoms with Gasteiger partial charge in [-0.1, -0.05) is 17.3 Å². The second-order valence-corrected chi connectivity index (χ2v) is 4.72. The monoisotopic (exact) mass is 314 g/mol. The highest BCUT2D eigenvalue weighted by Crippen LogP contribution is 2.14. The van der Waals surface area contributed by atoms with E-state index in [2.05, 4.69) is 10.1 Å². The van der Waals surface area contributed by atoms with Gasteiger partial charge in [0.25, 0.3) is 0 Å². The predicted molar refractivity (Wildman–Crippen MR) is 85.2 cm³/mol. The van der Waals surface area contributed by atoms with E-state index in [1.54, 1.807) is 26.2 Å². The molecule has 0 saturated carbocycles. The fraction of sp³-hybridized carbons (Fsp3) is 0.235. The number of esters is 1. The minimum atomic E-state index is -0.433. The molecule has 1 N–H and O–H groups in total. The molecule has 2 rings (SSSR count). The van der Waals surface area contributed by atoms with Gasteiger partial charge in [0.05, 0.1) is 25.0 Å². The van der Waals surface area contributed by atoms with Gasteiger partial charge in [-0.25, -0.2) is 4.79 Å². The van der Waals surface area contributed by atoms with Gasteiger partial charge in [0.1, 0.15) is 11.5 Å². The van der Waals surface area contributed by atoms with Crippen molar-refractivity contribution in [2.75, 3.05) is 13.7 Å². The molecular weight excluding hydrogens is 296 g/mol. The van der Waals surface area contributed by atoms with E-state index >= 15 is 0 Å². The second-order valence-electron chi connectivity index (χ2n) is 4.72. The van der Waals surface area contributed by atoms with E-state index in [0.717, 1.165) is 11.3 Å². The quantitative estimate of drug-likeness (QED) is 0.384. The van der Waals surface area contributed by atoms with Gasteiger partial charge in [0, 0.05) is 12.6 Å². The fourth-order valence-electron chi connectivity index (χ4n) is 2.04. The van der Waals surface area contributed by atoms with Crippen LogP contribution in [0, 0.1) is 0 Å². The van der Waals surface area contributed by atoms with Crippen LogP contribution in [0.1, 0.15) is 28.5 Å². The van der Waals surface area contributed by atoms with Crippen LogP contribution in [-0.2, 0) is 11.2 Å². The number of nitrogens with zero attached hydrogens (tertiary/aromatic N) is 2. The molecule has 2 aromatic rings. The van der Waals surface area contributed by atoms with Crippen LogP contribution in [0.2, 0.25) is 0 Å². The van der Waals surface area contributed by atoms with Gasteiger partial charge in [0.15, 0.2) is 0 Å². The minimum absolute atomic E-state index is 0.295. The van der Waals surface area contributed by atoms with E-state index in [4.69, 9.17) is 9.47 Å². The lowest BCUT2D eigenvalue weighted by Gasteiger charge is -2.07. The number of rotatable bonds is 6. The van der Waals surface area contributed by atoms with Gasteiger partial charge < -0.3 is 14.7 Å². The molecule has 0 aliphatic rings. The highest BCUT2D eigenvalue weighted by molar-refractivity contribution is 6.01. The number of benzene rings is 1. The Bertz CT molecular complexity index is 696. The smallest absolute Gasteiger partial charge is 0.338 e. The van der Waals surface area contributed by atoms with Gasteiger partial charge in [-0.3, -0.25) is 4.98 Å². The summed E-state index contributed by atoms with van der Waals surface area (Å²) in [4.78, 5) is 15.9. The van der Waals surface area contributed by atoms with E-state index in [9.17, 15) is 10.0 Å². The van der Waals surface area contributed by atoms with Crippen molar-refractivity contribution in [3.8, 4) is 5.75 Å². The Hall–Kier alpha value is -2.89. The zero-order valence-electron chi connectivity index (χ0n) is 13.0. The summed E-state index contributed by atoms with van der Waals surface area (Å²) in [6, 6.07) is 10.5. The number of aromatic nitrogens is 1. The lowest BCUT2D eigenvalue weighted by molar-refractivity contribution is 0.0526. The molecule has 0 saturated heterocycles. The van der Waals surface area contributed by atoms with Crippen molar-refractivity contribution in [2.24, 2.45) is 5.16 Å². The molecular formula is C17H18N2O4. The molecule has 1 heterocycles. The third-order valence-electron chi connectivity index (χ3n) is 3.22. The van der Waals surface area contributed by atoms with Crippen molar-refractivity contribution in [3.63, 3.8) is 0 Å². The molecule has 0 aliphatic heterocycles. The Balaban J connectivity index is 2.20. The summed E-state index contributed by atoms with van der Waals surface area (Å²) in [5.74, 6) is 0.316. The number of hydrogen-bond donors (Lipinski definition) is 1. The standard InChI is InChI=1S/C17H18N2O4/c1-3-23-17(20)13-8-9-18-15(11-13)16(19-21)10-12-4-6-14(22-2)7-5-12/h4-9,11,21H,3,10H2,1-2H3/b19-16+. The summed E-state index contributed by atoms with van der Waals surface area (Å²) in [5, 5.41) is 12.6. The highest BCUT2D eigenvalue weighted by atomic mass is 16.5. The van der Waals surface area contributed by atoms with Gasteiger partial charge in [0.2, 0.25) is 0 Å². The average Bonchev–Trinajstić information content (AvgIpc) is 2.60. The SMILES string of the molecule is CCOC(=O)c1ccnc(/C(Cc2ccc(OC)cc2)=N/O)c1. The number of methoxy groups -OCH3 is 1. The maximum absolute atomic E-state index is 11.8. The van der Waals surface area contributed by atoms with Crippen molar-refractivity contribution >= 4 is 11.7 Å². The summed E-state index contributed by atoms with van der Waals surface area (Å²) in [5.41, 5.74) is 2.09. The summed E-state index contributed by atoms with van der Waals surface area (Å²) >= 11 is 0. The van der Waals surface area contributed by atoms with Gasteiger partial charge in [-0.2, -0.15) is 0 Å². The third kappa shape index (κ3) is 4.29. The lowest BCUT2D eigenvalue weighted by Crippen LogP contribution is -2.11. The molecule has 1 aromatic heterocycles. The molecule has 1 aromatic carbocycles. The molecule has 23 heavy (non-hydrogen) atoms. The Kier molecular flexibility index (Phi) is 5.68. The van der Waals surface area contributed by atoms with Crippen molar-refractivity contribution < 1.29 is 19.5 Å². The number of ether oxygens (including phenoxy) is 2. The van der Waals surface area contributed by atoms with Crippen LogP contribution in [0.5, 0.6) is 5.75 Å². The Labute approximate surface area is 134 Å². The van der Waals surface area contributed by atoms with Crippen molar-refractivity contribution in [2.45, 2.75) is 13.3 Å². The molecule has 0 radical (unpaired) electrons. The number of pyridine rings is 1. The summed E-state index contributed by atoms with van der Waals surface area (Å²) < 4.78 is 10.1. The lowest BCUT2D eigenvalue weighted by atomic mass is 10.0. The van der Waals surface area contributed by atoms with Crippen LogP contribution < -0.4 is 4.74 Å². The zero-order valence-corrected chi connectivity index (χ0v) is 13.0. The van der Waals surface area contributed by atoms with E-state index in [0.29, 0.717) is 30.0 Å². The predicted octanol–water partition coefficient (Wildman–Crippen LogP) is 2.69. The van der Waals surface area contributed by atoms with Crippen molar-refractivity contribution in [3.05, 3.63) is 59.4 Å². The van der Waals surface area contributed by atoms with Crippen LogP contribution in [0.25, 0.3) is 0 Å². The molecule has 0 aliphatic carbocycles. The second kappa shape index (κ2) is 7.93. The first-order valence-electron chi connectivity index (χ1n) is 7.15. The van der Waals surface area contributed by atoms with E-state index in [-0.39, 0.29) is 0 Å². The first-order valence-corrected chi connectivity index (χ1v) is 7.15. The minimum Gasteiger partial charge on any atom is -0.497 e.